The molecule has 0 saturated carbocycles. The van der Waals surface area contributed by atoms with E-state index >= 15 is 0 Å². The molecule has 1 N–H and O–H groups in total. The average molecular weight is 475 g/mol. The lowest BCUT2D eigenvalue weighted by Gasteiger charge is -2.55. The van der Waals surface area contributed by atoms with Gasteiger partial charge in [-0.3, -0.25) is 4.79 Å². The summed E-state index contributed by atoms with van der Waals surface area (Å²) in [6.45, 7) is 4.59. The fourth-order valence-electron chi connectivity index (χ4n) is 4.99. The Labute approximate surface area is 203 Å². The summed E-state index contributed by atoms with van der Waals surface area (Å²) in [5.74, 6) is 1.97. The van der Waals surface area contributed by atoms with E-state index in [1.807, 2.05) is 29.3 Å². The minimum atomic E-state index is -0.321. The van der Waals surface area contributed by atoms with Gasteiger partial charge in [-0.15, -0.1) is 0 Å². The van der Waals surface area contributed by atoms with Gasteiger partial charge in [-0.2, -0.15) is 0 Å². The Morgan fingerprint density at radius 1 is 1.17 bits per heavy atom. The van der Waals surface area contributed by atoms with E-state index in [2.05, 4.69) is 15.2 Å². The smallest absolute Gasteiger partial charge is 0.219 e. The molecule has 3 atom stereocenters. The first-order chi connectivity index (χ1) is 17.0. The van der Waals surface area contributed by atoms with Crippen molar-refractivity contribution in [1.82, 2.24) is 19.9 Å². The second kappa shape index (κ2) is 8.88. The molecule has 0 aliphatic carbocycles. The molecule has 0 radical (unpaired) electrons. The summed E-state index contributed by atoms with van der Waals surface area (Å²) in [7, 11) is 0. The van der Waals surface area contributed by atoms with Crippen LogP contribution in [-0.2, 0) is 9.53 Å². The van der Waals surface area contributed by atoms with Gasteiger partial charge >= 0.3 is 0 Å². The van der Waals surface area contributed by atoms with E-state index in [1.54, 1.807) is 19.1 Å². The molecule has 180 valence electrons. The largest absolute Gasteiger partial charge is 0.372 e. The number of nitrogens with zero attached hydrogens (tertiary/aromatic N) is 5. The maximum Gasteiger partial charge on any atom is 0.219 e. The topological polar surface area (TPSA) is 83.5 Å². The normalized spacial score (nSPS) is 23.2. The number of halogens is 1. The molecule has 3 aromatic rings. The molecular formula is C26H27FN6O2. The van der Waals surface area contributed by atoms with Crippen LogP contribution in [0.4, 0.5) is 21.7 Å². The molecule has 6 rings (SSSR count). The minimum Gasteiger partial charge on any atom is -0.372 e. The van der Waals surface area contributed by atoms with Crippen LogP contribution in [0.15, 0.2) is 48.7 Å². The molecular weight excluding hydrogens is 447 g/mol. The fraction of sp³-hybridized carbons (Fsp3) is 0.385. The van der Waals surface area contributed by atoms with E-state index in [1.165, 1.54) is 12.1 Å². The van der Waals surface area contributed by atoms with Crippen LogP contribution in [0.2, 0.25) is 0 Å². The number of fused-ring (bicyclic) bond motifs is 1. The number of aromatic nitrogens is 3. The quantitative estimate of drug-likeness (QED) is 0.603. The number of hydrogen-bond donors (Lipinski definition) is 1. The molecule has 2 aromatic heterocycles. The molecule has 3 saturated heterocycles. The van der Waals surface area contributed by atoms with Crippen molar-refractivity contribution in [2.75, 3.05) is 36.5 Å². The Kier molecular flexibility index (Phi) is 5.56. The lowest BCUT2D eigenvalue weighted by Crippen LogP contribution is -2.71. The highest BCUT2D eigenvalue weighted by molar-refractivity contribution is 5.73. The van der Waals surface area contributed by atoms with Crippen LogP contribution < -0.4 is 10.2 Å². The zero-order chi connectivity index (χ0) is 23.9. The summed E-state index contributed by atoms with van der Waals surface area (Å²) >= 11 is 0. The molecule has 5 heterocycles. The van der Waals surface area contributed by atoms with Crippen molar-refractivity contribution in [2.24, 2.45) is 0 Å². The van der Waals surface area contributed by atoms with Gasteiger partial charge in [-0.05, 0) is 43.2 Å². The third-order valence-electron chi connectivity index (χ3n) is 7.10. The number of carbonyl (C=O) groups excluding carboxylic acids is 1. The molecule has 3 fully saturated rings. The highest BCUT2D eigenvalue weighted by Crippen LogP contribution is 2.35. The molecule has 9 heteroatoms. The van der Waals surface area contributed by atoms with E-state index in [0.29, 0.717) is 36.0 Å². The maximum absolute atomic E-state index is 13.8. The summed E-state index contributed by atoms with van der Waals surface area (Å²) in [4.78, 5) is 30.4. The lowest BCUT2D eigenvalue weighted by atomic mass is 9.95. The van der Waals surface area contributed by atoms with E-state index in [9.17, 15) is 9.18 Å². The van der Waals surface area contributed by atoms with Gasteiger partial charge in [-0.25, -0.2) is 19.3 Å². The molecule has 0 bridgehead atoms. The minimum absolute atomic E-state index is 0.0320. The molecule has 1 aromatic carbocycles. The number of carbonyl (C=O) groups is 1. The molecule has 3 unspecified atom stereocenters. The number of rotatable bonds is 5. The Bertz CT molecular complexity index is 1250. The van der Waals surface area contributed by atoms with Gasteiger partial charge < -0.3 is 19.9 Å². The Balaban J connectivity index is 1.31. The molecule has 3 aliphatic rings. The Morgan fingerprint density at radius 3 is 2.77 bits per heavy atom. The van der Waals surface area contributed by atoms with Crippen LogP contribution in [0, 0.1) is 5.82 Å². The number of anilines is 3. The van der Waals surface area contributed by atoms with Crippen LogP contribution >= 0.6 is 0 Å². The molecule has 3 aliphatic heterocycles. The first-order valence-corrected chi connectivity index (χ1v) is 12.1. The summed E-state index contributed by atoms with van der Waals surface area (Å²) in [5.41, 5.74) is 2.22. The number of pyridine rings is 1. The zero-order valence-electron chi connectivity index (χ0n) is 19.5. The van der Waals surface area contributed by atoms with E-state index in [4.69, 9.17) is 14.7 Å². The van der Waals surface area contributed by atoms with Gasteiger partial charge in [0.25, 0.3) is 0 Å². The number of piperidine rings is 1. The number of hydrogen-bond acceptors (Lipinski definition) is 7. The first-order valence-electron chi connectivity index (χ1n) is 12.1. The van der Waals surface area contributed by atoms with Crippen LogP contribution in [0.5, 0.6) is 0 Å². The molecule has 8 nitrogen and oxygen atoms in total. The predicted molar refractivity (Wildman–Crippen MR) is 130 cm³/mol. The monoisotopic (exact) mass is 474 g/mol. The summed E-state index contributed by atoms with van der Waals surface area (Å²) in [5, 5.41) is 3.22. The highest BCUT2D eigenvalue weighted by atomic mass is 19.1. The molecule has 0 spiro atoms. The first kappa shape index (κ1) is 21.9. The van der Waals surface area contributed by atoms with Crippen molar-refractivity contribution < 1.29 is 13.9 Å². The van der Waals surface area contributed by atoms with Crippen LogP contribution in [0.3, 0.4) is 0 Å². The van der Waals surface area contributed by atoms with E-state index < -0.39 is 0 Å². The van der Waals surface area contributed by atoms with Gasteiger partial charge in [0.1, 0.15) is 23.3 Å². The Morgan fingerprint density at radius 2 is 2.09 bits per heavy atom. The number of nitrogens with one attached hydrogen (secondary N) is 1. The highest BCUT2D eigenvalue weighted by Gasteiger charge is 2.47. The predicted octanol–water partition coefficient (Wildman–Crippen LogP) is 3.73. The van der Waals surface area contributed by atoms with Crippen LogP contribution in [0.25, 0.3) is 11.3 Å². The summed E-state index contributed by atoms with van der Waals surface area (Å²) in [6, 6.07) is 12.6. The summed E-state index contributed by atoms with van der Waals surface area (Å²) in [6.07, 6.45) is 4.00. The van der Waals surface area contributed by atoms with E-state index in [-0.39, 0.29) is 17.6 Å². The fourth-order valence-corrected chi connectivity index (χ4v) is 4.99. The van der Waals surface area contributed by atoms with Crippen LogP contribution in [0.1, 0.15) is 31.5 Å². The van der Waals surface area contributed by atoms with Gasteiger partial charge in [0.05, 0.1) is 24.4 Å². The third-order valence-corrected chi connectivity index (χ3v) is 7.10. The maximum atomic E-state index is 13.8. The standard InChI is InChI=1S/C26H27FN6O2/c1-16(34)32-9-3-4-18(13-32)26-30-21(11-24(31-26)29-20-6-2-5-19(27)10-20)17-7-8-25(28-12-17)33-14-23-22(33)15-35-23/h2,5-8,10-12,18,22-23H,3-4,9,13-15H2,1H3,(H,29,30,31). The second-order valence-electron chi connectivity index (χ2n) is 9.43. The number of likely N-dealkylation sites (tertiary alicyclic amines) is 1. The molecule has 1 amide bonds. The Hall–Kier alpha value is -3.59. The number of benzene rings is 1. The number of amides is 1. The van der Waals surface area contributed by atoms with Crippen molar-refractivity contribution in [3.8, 4) is 11.3 Å². The van der Waals surface area contributed by atoms with Crippen molar-refractivity contribution in [3.63, 3.8) is 0 Å². The van der Waals surface area contributed by atoms with Gasteiger partial charge in [-0.1, -0.05) is 6.07 Å². The van der Waals surface area contributed by atoms with Crippen molar-refractivity contribution in [3.05, 3.63) is 60.3 Å². The number of morpholine rings is 1. The van der Waals surface area contributed by atoms with Gasteiger partial charge in [0.15, 0.2) is 0 Å². The van der Waals surface area contributed by atoms with Crippen molar-refractivity contribution in [2.45, 2.75) is 37.8 Å². The second-order valence-corrected chi connectivity index (χ2v) is 9.43. The van der Waals surface area contributed by atoms with Gasteiger partial charge in [0, 0.05) is 56.0 Å². The average Bonchev–Trinajstić information content (AvgIpc) is 2.86. The van der Waals surface area contributed by atoms with E-state index in [0.717, 1.165) is 49.6 Å². The lowest BCUT2D eigenvalue weighted by molar-refractivity contribution is -0.130. The van der Waals surface area contributed by atoms with Gasteiger partial charge in [0.2, 0.25) is 5.91 Å². The van der Waals surface area contributed by atoms with Crippen molar-refractivity contribution in [1.29, 1.82) is 0 Å². The third kappa shape index (κ3) is 4.32. The SMILES string of the molecule is CC(=O)N1CCCC(c2nc(Nc3cccc(F)c3)cc(-c3ccc(N4CC5OCC54)nc3)n2)C1. The zero-order valence-corrected chi connectivity index (χ0v) is 19.5. The summed E-state index contributed by atoms with van der Waals surface area (Å²) < 4.78 is 19.3. The van der Waals surface area contributed by atoms with Crippen LogP contribution in [-0.4, -0.2) is 64.1 Å². The molecule has 35 heavy (non-hydrogen) atoms. The van der Waals surface area contributed by atoms with Crippen molar-refractivity contribution >= 4 is 23.2 Å². The number of ether oxygens (including phenoxy) is 1.